The van der Waals surface area contributed by atoms with Gasteiger partial charge in [-0.1, -0.05) is 29.8 Å². The zero-order valence-electron chi connectivity index (χ0n) is 12.2. The van der Waals surface area contributed by atoms with Crippen molar-refractivity contribution >= 4 is 49.1 Å². The Morgan fingerprint density at radius 3 is 2.95 bits per heavy atom. The van der Waals surface area contributed by atoms with Gasteiger partial charge in [-0.05, 0) is 26.0 Å². The highest BCUT2D eigenvalue weighted by atomic mass is 35.5. The van der Waals surface area contributed by atoms with Crippen LogP contribution in [0.25, 0.3) is 26.1 Å². The first-order chi connectivity index (χ1) is 10.7. The average Bonchev–Trinajstić information content (AvgIpc) is 2.88. The Morgan fingerprint density at radius 1 is 1.41 bits per heavy atom. The summed E-state index contributed by atoms with van der Waals surface area (Å²) in [5, 5.41) is 1.28. The van der Waals surface area contributed by atoms with E-state index in [1.165, 1.54) is 11.3 Å². The first-order valence-corrected chi connectivity index (χ1v) is 8.08. The topological polar surface area (TPSA) is 47.8 Å². The van der Waals surface area contributed by atoms with Gasteiger partial charge in [0.1, 0.15) is 21.0 Å². The lowest BCUT2D eigenvalue weighted by molar-refractivity contribution is 0.957. The summed E-state index contributed by atoms with van der Waals surface area (Å²) in [7, 11) is 0. The Bertz CT molecular complexity index is 969. The largest absolute Gasteiger partial charge is 0.275 e. The molecule has 0 aliphatic rings. The summed E-state index contributed by atoms with van der Waals surface area (Å²) in [6, 6.07) is 3.57. The number of hydrogen-bond donors (Lipinski definition) is 0. The van der Waals surface area contributed by atoms with Gasteiger partial charge >= 0.3 is 0 Å². The van der Waals surface area contributed by atoms with Crippen LogP contribution in [-0.4, -0.2) is 14.5 Å². The molecule has 4 nitrogen and oxygen atoms in total. The Hall–Kier alpha value is -1.98. The van der Waals surface area contributed by atoms with E-state index < -0.39 is 0 Å². The molecule has 0 N–H and O–H groups in total. The highest BCUT2D eigenvalue weighted by Gasteiger charge is 2.13. The van der Waals surface area contributed by atoms with E-state index >= 15 is 0 Å². The summed E-state index contributed by atoms with van der Waals surface area (Å²) in [6.45, 7) is 3.88. The number of allylic oxidation sites excluding steroid dienone is 4. The third-order valence-electron chi connectivity index (χ3n) is 3.42. The van der Waals surface area contributed by atoms with Crippen molar-refractivity contribution in [3.63, 3.8) is 0 Å². The Balaban J connectivity index is 2.25. The first-order valence-electron chi connectivity index (χ1n) is 6.88. The van der Waals surface area contributed by atoms with Crippen LogP contribution in [0.2, 0.25) is 5.15 Å². The molecule has 0 radical (unpaired) electrons. The summed E-state index contributed by atoms with van der Waals surface area (Å²) in [5.41, 5.74) is 1.52. The van der Waals surface area contributed by atoms with Crippen molar-refractivity contribution in [2.24, 2.45) is 0 Å². The molecule has 0 aromatic carbocycles. The molecular formula is C16H14ClN3OS. The number of thiophene rings is 1. The number of fused-ring (bicyclic) bond motifs is 3. The van der Waals surface area contributed by atoms with Gasteiger partial charge < -0.3 is 0 Å². The van der Waals surface area contributed by atoms with E-state index in [-0.39, 0.29) is 5.56 Å². The molecule has 0 aliphatic carbocycles. The standard InChI is InChI=1S/C16H14ClN3OS/c1-3-5-6-10(4-2)20-9-18-13-11-7-8-12(17)19-15(11)22-14(13)16(20)21/h3-5,7-9H,6H2,1-2H3/b5-3-,10-4+. The second-order valence-electron chi connectivity index (χ2n) is 4.74. The second kappa shape index (κ2) is 6.02. The van der Waals surface area contributed by atoms with Gasteiger partial charge in [0, 0.05) is 17.5 Å². The van der Waals surface area contributed by atoms with Crippen molar-refractivity contribution in [3.05, 3.63) is 52.2 Å². The minimum atomic E-state index is -0.0678. The van der Waals surface area contributed by atoms with Gasteiger partial charge in [-0.2, -0.15) is 0 Å². The summed E-state index contributed by atoms with van der Waals surface area (Å²) in [5.74, 6) is 0. The molecule has 0 unspecified atom stereocenters. The average molecular weight is 332 g/mol. The molecule has 3 rings (SSSR count). The summed E-state index contributed by atoms with van der Waals surface area (Å²) >= 11 is 7.25. The molecule has 0 spiro atoms. The number of aromatic nitrogens is 3. The lowest BCUT2D eigenvalue weighted by Crippen LogP contribution is -2.18. The van der Waals surface area contributed by atoms with Gasteiger partial charge in [0.2, 0.25) is 0 Å². The normalized spacial score (nSPS) is 12.8. The maximum Gasteiger partial charge on any atom is 0.275 e. The quantitative estimate of drug-likeness (QED) is 0.525. The van der Waals surface area contributed by atoms with Crippen molar-refractivity contribution < 1.29 is 0 Å². The molecule has 0 fully saturated rings. The van der Waals surface area contributed by atoms with E-state index in [4.69, 9.17) is 11.6 Å². The smallest absolute Gasteiger partial charge is 0.270 e. The first kappa shape index (κ1) is 14.9. The van der Waals surface area contributed by atoms with Crippen LogP contribution in [0.15, 0.2) is 41.5 Å². The second-order valence-corrected chi connectivity index (χ2v) is 6.13. The van der Waals surface area contributed by atoms with E-state index in [0.717, 1.165) is 15.9 Å². The summed E-state index contributed by atoms with van der Waals surface area (Å²) in [4.78, 5) is 22.2. The fourth-order valence-corrected chi connectivity index (χ4v) is 3.55. The molecule has 0 saturated carbocycles. The minimum absolute atomic E-state index is 0.0678. The maximum atomic E-state index is 12.8. The molecule has 112 valence electrons. The Labute approximate surface area is 136 Å². The van der Waals surface area contributed by atoms with Gasteiger partial charge in [-0.15, -0.1) is 11.3 Å². The highest BCUT2D eigenvalue weighted by molar-refractivity contribution is 7.25. The van der Waals surface area contributed by atoms with Gasteiger partial charge in [0.25, 0.3) is 5.56 Å². The van der Waals surface area contributed by atoms with Gasteiger partial charge in [-0.25, -0.2) is 9.97 Å². The molecule has 0 aliphatic heterocycles. The van der Waals surface area contributed by atoms with Crippen LogP contribution < -0.4 is 5.56 Å². The number of rotatable bonds is 3. The lowest BCUT2D eigenvalue weighted by Gasteiger charge is -2.07. The number of hydrogen-bond acceptors (Lipinski definition) is 4. The third kappa shape index (κ3) is 2.46. The molecule has 0 saturated heterocycles. The molecule has 0 amide bonds. The molecular weight excluding hydrogens is 318 g/mol. The molecule has 0 atom stereocenters. The van der Waals surface area contributed by atoms with Crippen molar-refractivity contribution in [1.29, 1.82) is 0 Å². The van der Waals surface area contributed by atoms with Crippen LogP contribution in [-0.2, 0) is 0 Å². The number of nitrogens with zero attached hydrogens (tertiary/aromatic N) is 3. The monoisotopic (exact) mass is 331 g/mol. The summed E-state index contributed by atoms with van der Waals surface area (Å²) < 4.78 is 2.20. The van der Waals surface area contributed by atoms with Gasteiger partial charge in [-0.3, -0.25) is 9.36 Å². The lowest BCUT2D eigenvalue weighted by atomic mass is 10.2. The van der Waals surface area contributed by atoms with Crippen molar-refractivity contribution in [1.82, 2.24) is 14.5 Å². The van der Waals surface area contributed by atoms with Crippen molar-refractivity contribution in [2.75, 3.05) is 0 Å². The number of pyridine rings is 1. The van der Waals surface area contributed by atoms with Crippen LogP contribution in [0.1, 0.15) is 20.3 Å². The van der Waals surface area contributed by atoms with Gasteiger partial charge in [0.15, 0.2) is 0 Å². The van der Waals surface area contributed by atoms with Crippen LogP contribution in [0.3, 0.4) is 0 Å². The van der Waals surface area contributed by atoms with Crippen LogP contribution in [0.4, 0.5) is 0 Å². The minimum Gasteiger partial charge on any atom is -0.270 e. The van der Waals surface area contributed by atoms with Gasteiger partial charge in [0.05, 0.1) is 5.52 Å². The Kier molecular flexibility index (Phi) is 4.09. The van der Waals surface area contributed by atoms with E-state index in [0.29, 0.717) is 21.8 Å². The van der Waals surface area contributed by atoms with Crippen LogP contribution >= 0.6 is 22.9 Å². The fraction of sp³-hybridized carbons (Fsp3) is 0.188. The third-order valence-corrected chi connectivity index (χ3v) is 4.70. The fourth-order valence-electron chi connectivity index (χ4n) is 2.29. The number of halogens is 1. The van der Waals surface area contributed by atoms with E-state index in [1.807, 2.05) is 38.1 Å². The molecule has 22 heavy (non-hydrogen) atoms. The Morgan fingerprint density at radius 2 is 2.23 bits per heavy atom. The highest BCUT2D eigenvalue weighted by Crippen LogP contribution is 2.30. The van der Waals surface area contributed by atoms with Crippen molar-refractivity contribution in [3.8, 4) is 0 Å². The molecule has 3 aromatic heterocycles. The predicted octanol–water partition coefficient (Wildman–Crippen LogP) is 4.49. The predicted molar refractivity (Wildman–Crippen MR) is 93.6 cm³/mol. The van der Waals surface area contributed by atoms with Crippen LogP contribution in [0, 0.1) is 0 Å². The van der Waals surface area contributed by atoms with Crippen LogP contribution in [0.5, 0.6) is 0 Å². The molecule has 3 aromatic rings. The van der Waals surface area contributed by atoms with E-state index in [9.17, 15) is 4.79 Å². The molecule has 6 heteroatoms. The van der Waals surface area contributed by atoms with Crippen molar-refractivity contribution in [2.45, 2.75) is 20.3 Å². The van der Waals surface area contributed by atoms with E-state index in [1.54, 1.807) is 17.0 Å². The zero-order chi connectivity index (χ0) is 15.7. The molecule has 3 heterocycles. The zero-order valence-corrected chi connectivity index (χ0v) is 13.8. The maximum absolute atomic E-state index is 12.8. The molecule has 0 bridgehead atoms. The van der Waals surface area contributed by atoms with E-state index in [2.05, 4.69) is 9.97 Å². The SMILES string of the molecule is C/C=C\C/C(=C\C)n1cnc2c(sc3nc(Cl)ccc32)c1=O. The summed E-state index contributed by atoms with van der Waals surface area (Å²) in [6.07, 6.45) is 8.18.